The summed E-state index contributed by atoms with van der Waals surface area (Å²) in [6.45, 7) is 4.10. The van der Waals surface area contributed by atoms with Gasteiger partial charge in [-0.25, -0.2) is 0 Å². The summed E-state index contributed by atoms with van der Waals surface area (Å²) in [6.07, 6.45) is -4.32. The summed E-state index contributed by atoms with van der Waals surface area (Å²) in [5.41, 5.74) is 5.08. The molecule has 2 N–H and O–H groups in total. The predicted octanol–water partition coefficient (Wildman–Crippen LogP) is 4.04. The minimum atomic E-state index is -4.32. The van der Waals surface area contributed by atoms with Gasteiger partial charge in [0.15, 0.2) is 0 Å². The summed E-state index contributed by atoms with van der Waals surface area (Å²) < 4.78 is 37.1. The number of anilines is 1. The van der Waals surface area contributed by atoms with Gasteiger partial charge in [0.1, 0.15) is 0 Å². The molecule has 0 amide bonds. The Kier molecular flexibility index (Phi) is 4.13. The second kappa shape index (κ2) is 4.99. The van der Waals surface area contributed by atoms with Crippen LogP contribution in [0.5, 0.6) is 0 Å². The zero-order chi connectivity index (χ0) is 12.3. The molecule has 0 atom stereocenters. The molecule has 1 rings (SSSR count). The molecule has 90 valence electrons. The van der Waals surface area contributed by atoms with Gasteiger partial charge in [0.05, 0.1) is 5.56 Å². The third-order valence-corrected chi connectivity index (χ3v) is 3.43. The van der Waals surface area contributed by atoms with Gasteiger partial charge in [-0.1, -0.05) is 13.8 Å². The normalized spacial score (nSPS) is 12.1. The second-order valence-electron chi connectivity index (χ2n) is 3.96. The number of benzene rings is 1. The van der Waals surface area contributed by atoms with Gasteiger partial charge in [0.2, 0.25) is 0 Å². The quantitative estimate of drug-likeness (QED) is 0.646. The maximum Gasteiger partial charge on any atom is 0.416 e. The Hall–Kier alpha value is -0.840. The lowest BCUT2D eigenvalue weighted by Gasteiger charge is -2.11. The number of hydrogen-bond donors (Lipinski definition) is 1. The largest absolute Gasteiger partial charge is 0.416 e. The van der Waals surface area contributed by atoms with Crippen LogP contribution < -0.4 is 5.73 Å². The van der Waals surface area contributed by atoms with E-state index in [-0.39, 0.29) is 5.69 Å². The van der Waals surface area contributed by atoms with Crippen LogP contribution in [0.25, 0.3) is 0 Å². The smallest absolute Gasteiger partial charge is 0.398 e. The Balaban J connectivity index is 2.84. The second-order valence-corrected chi connectivity index (χ2v) is 5.02. The van der Waals surface area contributed by atoms with E-state index < -0.39 is 11.7 Å². The molecule has 0 fully saturated rings. The highest BCUT2D eigenvalue weighted by Crippen LogP contribution is 2.34. The van der Waals surface area contributed by atoms with Crippen LogP contribution in [0, 0.1) is 5.92 Å². The summed E-state index contributed by atoms with van der Waals surface area (Å²) in [5, 5.41) is 0. The minimum Gasteiger partial charge on any atom is -0.398 e. The van der Waals surface area contributed by atoms with Crippen molar-refractivity contribution in [1.29, 1.82) is 0 Å². The van der Waals surface area contributed by atoms with Gasteiger partial charge in [0.25, 0.3) is 0 Å². The van der Waals surface area contributed by atoms with E-state index in [1.54, 1.807) is 0 Å². The molecule has 0 aliphatic carbocycles. The highest BCUT2D eigenvalue weighted by atomic mass is 32.2. The topological polar surface area (TPSA) is 26.0 Å². The van der Waals surface area contributed by atoms with Gasteiger partial charge in [-0.15, -0.1) is 11.8 Å². The zero-order valence-corrected chi connectivity index (χ0v) is 9.95. The molecular weight excluding hydrogens is 235 g/mol. The van der Waals surface area contributed by atoms with Crippen molar-refractivity contribution >= 4 is 17.4 Å². The van der Waals surface area contributed by atoms with Crippen LogP contribution >= 0.6 is 11.8 Å². The van der Waals surface area contributed by atoms with Gasteiger partial charge < -0.3 is 5.73 Å². The average molecular weight is 249 g/mol. The van der Waals surface area contributed by atoms with Crippen LogP contribution in [0.3, 0.4) is 0 Å². The third kappa shape index (κ3) is 3.63. The highest BCUT2D eigenvalue weighted by molar-refractivity contribution is 7.99. The fraction of sp³-hybridized carbons (Fsp3) is 0.455. The zero-order valence-electron chi connectivity index (χ0n) is 9.14. The highest BCUT2D eigenvalue weighted by Gasteiger charge is 2.30. The van der Waals surface area contributed by atoms with Crippen molar-refractivity contribution in [3.63, 3.8) is 0 Å². The van der Waals surface area contributed by atoms with Crippen molar-refractivity contribution in [3.05, 3.63) is 23.8 Å². The van der Waals surface area contributed by atoms with E-state index in [1.807, 2.05) is 13.8 Å². The summed E-state index contributed by atoms with van der Waals surface area (Å²) >= 11 is 1.48. The molecule has 0 aromatic heterocycles. The number of nitrogen functional groups attached to an aromatic ring is 1. The molecule has 0 saturated carbocycles. The van der Waals surface area contributed by atoms with E-state index >= 15 is 0 Å². The van der Waals surface area contributed by atoms with E-state index in [4.69, 9.17) is 5.73 Å². The van der Waals surface area contributed by atoms with E-state index in [0.29, 0.717) is 10.8 Å². The Morgan fingerprint density at radius 3 is 2.38 bits per heavy atom. The number of thioether (sulfide) groups is 1. The molecular formula is C11H14F3NS. The minimum absolute atomic E-state index is 0.195. The molecule has 0 bridgehead atoms. The van der Waals surface area contributed by atoms with E-state index in [2.05, 4.69) is 0 Å². The van der Waals surface area contributed by atoms with Gasteiger partial charge in [-0.3, -0.25) is 0 Å². The average Bonchev–Trinajstić information content (AvgIpc) is 2.14. The fourth-order valence-electron chi connectivity index (χ4n) is 1.11. The van der Waals surface area contributed by atoms with Gasteiger partial charge in [-0.05, 0) is 24.1 Å². The first-order chi connectivity index (χ1) is 7.30. The molecule has 0 aliphatic rings. The molecule has 0 unspecified atom stereocenters. The van der Waals surface area contributed by atoms with Crippen LogP contribution in [0.15, 0.2) is 23.1 Å². The van der Waals surface area contributed by atoms with Gasteiger partial charge in [-0.2, -0.15) is 13.2 Å². The van der Waals surface area contributed by atoms with Crippen molar-refractivity contribution in [3.8, 4) is 0 Å². The molecule has 1 aromatic rings. The first-order valence-electron chi connectivity index (χ1n) is 4.90. The van der Waals surface area contributed by atoms with Crippen LogP contribution in [-0.2, 0) is 6.18 Å². The Bertz CT molecular complexity index is 361. The van der Waals surface area contributed by atoms with Crippen LogP contribution in [0.2, 0.25) is 0 Å². The van der Waals surface area contributed by atoms with Crippen molar-refractivity contribution in [2.75, 3.05) is 11.5 Å². The number of nitrogens with two attached hydrogens (primary N) is 1. The molecule has 16 heavy (non-hydrogen) atoms. The molecule has 0 heterocycles. The van der Waals surface area contributed by atoms with Crippen molar-refractivity contribution in [1.82, 2.24) is 0 Å². The van der Waals surface area contributed by atoms with Crippen LogP contribution in [0.1, 0.15) is 19.4 Å². The number of hydrogen-bond acceptors (Lipinski definition) is 2. The molecule has 0 saturated heterocycles. The SMILES string of the molecule is CC(C)CSc1ccc(C(F)(F)F)cc1N. The lowest BCUT2D eigenvalue weighted by atomic mass is 10.2. The van der Waals surface area contributed by atoms with E-state index in [1.165, 1.54) is 17.8 Å². The number of halogens is 3. The van der Waals surface area contributed by atoms with Crippen molar-refractivity contribution in [2.24, 2.45) is 5.92 Å². The lowest BCUT2D eigenvalue weighted by molar-refractivity contribution is -0.137. The fourth-order valence-corrected chi connectivity index (χ4v) is 2.02. The standard InChI is InChI=1S/C11H14F3NS/c1-7(2)6-16-10-4-3-8(5-9(10)15)11(12,13)14/h3-5,7H,6,15H2,1-2H3. The number of rotatable bonds is 3. The summed E-state index contributed by atoms with van der Waals surface area (Å²) in [5.74, 6) is 1.32. The maximum atomic E-state index is 12.4. The molecule has 1 nitrogen and oxygen atoms in total. The van der Waals surface area contributed by atoms with Gasteiger partial charge >= 0.3 is 6.18 Å². The van der Waals surface area contributed by atoms with Crippen LogP contribution in [0.4, 0.5) is 18.9 Å². The Labute approximate surface area is 97.2 Å². The first-order valence-corrected chi connectivity index (χ1v) is 5.89. The third-order valence-electron chi connectivity index (χ3n) is 1.91. The molecule has 0 spiro atoms. The lowest BCUT2D eigenvalue weighted by Crippen LogP contribution is -2.06. The Morgan fingerprint density at radius 2 is 1.94 bits per heavy atom. The van der Waals surface area contributed by atoms with Crippen LogP contribution in [-0.4, -0.2) is 5.75 Å². The predicted molar refractivity (Wildman–Crippen MR) is 61.4 cm³/mol. The molecule has 0 radical (unpaired) electrons. The van der Waals surface area contributed by atoms with Crippen molar-refractivity contribution in [2.45, 2.75) is 24.9 Å². The van der Waals surface area contributed by atoms with E-state index in [0.717, 1.165) is 17.9 Å². The molecule has 5 heteroatoms. The van der Waals surface area contributed by atoms with E-state index in [9.17, 15) is 13.2 Å². The summed E-state index contributed by atoms with van der Waals surface area (Å²) in [7, 11) is 0. The summed E-state index contributed by atoms with van der Waals surface area (Å²) in [6, 6.07) is 3.49. The summed E-state index contributed by atoms with van der Waals surface area (Å²) in [4.78, 5) is 0.710. The maximum absolute atomic E-state index is 12.4. The number of alkyl halides is 3. The van der Waals surface area contributed by atoms with Gasteiger partial charge in [0, 0.05) is 16.3 Å². The Morgan fingerprint density at radius 1 is 1.31 bits per heavy atom. The van der Waals surface area contributed by atoms with Crippen molar-refractivity contribution < 1.29 is 13.2 Å². The molecule has 1 aromatic carbocycles. The first kappa shape index (κ1) is 13.2. The monoisotopic (exact) mass is 249 g/mol. The molecule has 0 aliphatic heterocycles.